The van der Waals surface area contributed by atoms with Crippen molar-refractivity contribution in [2.45, 2.75) is 20.4 Å². The summed E-state index contributed by atoms with van der Waals surface area (Å²) >= 11 is 0. The Hall–Kier alpha value is -1.71. The molecular formula is C18H23N3. The number of hydrogen-bond donors (Lipinski definition) is 1. The maximum absolute atomic E-state index is 4.18. The molecule has 1 N–H and O–H groups in total. The molecule has 0 amide bonds. The molecule has 21 heavy (non-hydrogen) atoms. The number of piperazine rings is 1. The molecule has 0 aliphatic carbocycles. The quantitative estimate of drug-likeness (QED) is 0.937. The van der Waals surface area contributed by atoms with Crippen LogP contribution in [0.25, 0.3) is 11.1 Å². The van der Waals surface area contributed by atoms with Crippen LogP contribution in [0.3, 0.4) is 0 Å². The Bertz CT molecular complexity index is 616. The summed E-state index contributed by atoms with van der Waals surface area (Å²) in [6.45, 7) is 9.89. The molecule has 0 radical (unpaired) electrons. The van der Waals surface area contributed by atoms with E-state index in [2.05, 4.69) is 53.3 Å². The van der Waals surface area contributed by atoms with Crippen LogP contribution in [-0.4, -0.2) is 36.1 Å². The Morgan fingerprint density at radius 1 is 1.10 bits per heavy atom. The minimum atomic E-state index is 1.06. The number of nitrogens with one attached hydrogen (secondary N) is 1. The standard InChI is InChI=1S/C18H23N3/c1-14-11-16(18-5-6-20-12-15(18)2)3-4-17(14)13-21-9-7-19-8-10-21/h3-6,11-12,19H,7-10,13H2,1-2H3. The number of aromatic nitrogens is 1. The van der Waals surface area contributed by atoms with Gasteiger partial charge in [0.2, 0.25) is 0 Å². The van der Waals surface area contributed by atoms with Crippen molar-refractivity contribution >= 4 is 0 Å². The van der Waals surface area contributed by atoms with Crippen LogP contribution < -0.4 is 5.32 Å². The molecule has 0 atom stereocenters. The van der Waals surface area contributed by atoms with Crippen LogP contribution in [0, 0.1) is 13.8 Å². The lowest BCUT2D eigenvalue weighted by atomic mass is 9.98. The molecule has 0 spiro atoms. The number of pyridine rings is 1. The van der Waals surface area contributed by atoms with Gasteiger partial charge >= 0.3 is 0 Å². The average molecular weight is 281 g/mol. The third kappa shape index (κ3) is 3.31. The van der Waals surface area contributed by atoms with Crippen LogP contribution in [0.4, 0.5) is 0 Å². The van der Waals surface area contributed by atoms with E-state index >= 15 is 0 Å². The van der Waals surface area contributed by atoms with Gasteiger partial charge in [-0.25, -0.2) is 0 Å². The molecule has 3 rings (SSSR count). The zero-order chi connectivity index (χ0) is 14.7. The Kier molecular flexibility index (Phi) is 4.32. The van der Waals surface area contributed by atoms with Gasteiger partial charge in [-0.15, -0.1) is 0 Å². The molecule has 2 aromatic rings. The lowest BCUT2D eigenvalue weighted by Crippen LogP contribution is -2.42. The van der Waals surface area contributed by atoms with Gasteiger partial charge < -0.3 is 5.32 Å². The summed E-state index contributed by atoms with van der Waals surface area (Å²) in [5.74, 6) is 0. The van der Waals surface area contributed by atoms with Gasteiger partial charge in [-0.2, -0.15) is 0 Å². The normalized spacial score (nSPS) is 16.1. The summed E-state index contributed by atoms with van der Waals surface area (Å²) in [6, 6.07) is 8.93. The summed E-state index contributed by atoms with van der Waals surface area (Å²) in [4.78, 5) is 6.70. The summed E-state index contributed by atoms with van der Waals surface area (Å²) in [6.07, 6.45) is 3.80. The molecule has 1 aliphatic heterocycles. The fourth-order valence-electron chi connectivity index (χ4n) is 2.95. The summed E-state index contributed by atoms with van der Waals surface area (Å²) in [7, 11) is 0. The minimum absolute atomic E-state index is 1.06. The van der Waals surface area contributed by atoms with E-state index in [0.717, 1.165) is 32.7 Å². The van der Waals surface area contributed by atoms with E-state index in [0.29, 0.717) is 0 Å². The lowest BCUT2D eigenvalue weighted by Gasteiger charge is -2.27. The zero-order valence-corrected chi connectivity index (χ0v) is 12.9. The van der Waals surface area contributed by atoms with Crippen LogP contribution in [0.2, 0.25) is 0 Å². The second-order valence-corrected chi connectivity index (χ2v) is 5.86. The zero-order valence-electron chi connectivity index (χ0n) is 12.9. The molecular weight excluding hydrogens is 258 g/mol. The molecule has 1 fully saturated rings. The van der Waals surface area contributed by atoms with Gasteiger partial charge in [-0.05, 0) is 47.7 Å². The molecule has 1 saturated heterocycles. The molecule has 3 nitrogen and oxygen atoms in total. The van der Waals surface area contributed by atoms with E-state index in [4.69, 9.17) is 0 Å². The van der Waals surface area contributed by atoms with Crippen molar-refractivity contribution in [3.63, 3.8) is 0 Å². The van der Waals surface area contributed by atoms with Gasteiger partial charge in [0.15, 0.2) is 0 Å². The molecule has 110 valence electrons. The van der Waals surface area contributed by atoms with Crippen molar-refractivity contribution in [2.24, 2.45) is 0 Å². The average Bonchev–Trinajstić information content (AvgIpc) is 2.51. The molecule has 0 bridgehead atoms. The first kappa shape index (κ1) is 14.2. The van der Waals surface area contributed by atoms with Crippen molar-refractivity contribution in [1.29, 1.82) is 0 Å². The first-order valence-corrected chi connectivity index (χ1v) is 7.67. The number of benzene rings is 1. The van der Waals surface area contributed by atoms with E-state index in [9.17, 15) is 0 Å². The predicted octanol–water partition coefficient (Wildman–Crippen LogP) is 2.77. The number of hydrogen-bond acceptors (Lipinski definition) is 3. The fraction of sp³-hybridized carbons (Fsp3) is 0.389. The number of aryl methyl sites for hydroxylation is 2. The van der Waals surface area contributed by atoms with Crippen LogP contribution in [0.5, 0.6) is 0 Å². The van der Waals surface area contributed by atoms with Crippen LogP contribution in [0.15, 0.2) is 36.7 Å². The highest BCUT2D eigenvalue weighted by Gasteiger charge is 2.11. The largest absolute Gasteiger partial charge is 0.314 e. The number of rotatable bonds is 3. The fourth-order valence-corrected chi connectivity index (χ4v) is 2.95. The minimum Gasteiger partial charge on any atom is -0.314 e. The predicted molar refractivity (Wildman–Crippen MR) is 87.3 cm³/mol. The van der Waals surface area contributed by atoms with Crippen LogP contribution >= 0.6 is 0 Å². The molecule has 0 unspecified atom stereocenters. The van der Waals surface area contributed by atoms with Gasteiger partial charge in [0.1, 0.15) is 0 Å². The summed E-state index contributed by atoms with van der Waals surface area (Å²) < 4.78 is 0. The molecule has 1 aromatic heterocycles. The smallest absolute Gasteiger partial charge is 0.0303 e. The van der Waals surface area contributed by atoms with Gasteiger partial charge in [-0.3, -0.25) is 9.88 Å². The van der Waals surface area contributed by atoms with E-state index in [1.807, 2.05) is 12.4 Å². The maximum Gasteiger partial charge on any atom is 0.0303 e. The molecule has 0 saturated carbocycles. The van der Waals surface area contributed by atoms with E-state index in [1.165, 1.54) is 27.8 Å². The van der Waals surface area contributed by atoms with Gasteiger partial charge in [-0.1, -0.05) is 18.2 Å². The van der Waals surface area contributed by atoms with Gasteiger partial charge in [0.25, 0.3) is 0 Å². The van der Waals surface area contributed by atoms with Crippen molar-refractivity contribution in [3.05, 3.63) is 53.3 Å². The molecule has 2 heterocycles. The van der Waals surface area contributed by atoms with Crippen LogP contribution in [-0.2, 0) is 6.54 Å². The highest BCUT2D eigenvalue weighted by molar-refractivity contribution is 5.67. The van der Waals surface area contributed by atoms with Crippen LogP contribution in [0.1, 0.15) is 16.7 Å². The second kappa shape index (κ2) is 6.37. The first-order valence-electron chi connectivity index (χ1n) is 7.67. The second-order valence-electron chi connectivity index (χ2n) is 5.86. The van der Waals surface area contributed by atoms with Gasteiger partial charge in [0.05, 0.1) is 0 Å². The molecule has 1 aromatic carbocycles. The van der Waals surface area contributed by atoms with Gasteiger partial charge in [0, 0.05) is 45.1 Å². The Balaban J connectivity index is 1.81. The summed E-state index contributed by atoms with van der Waals surface area (Å²) in [5, 5.41) is 3.40. The van der Waals surface area contributed by atoms with Crippen molar-refractivity contribution in [3.8, 4) is 11.1 Å². The Labute approximate surface area is 127 Å². The van der Waals surface area contributed by atoms with E-state index < -0.39 is 0 Å². The highest BCUT2D eigenvalue weighted by Crippen LogP contribution is 2.25. The van der Waals surface area contributed by atoms with Crippen molar-refractivity contribution < 1.29 is 0 Å². The topological polar surface area (TPSA) is 28.2 Å². The summed E-state index contributed by atoms with van der Waals surface area (Å²) in [5.41, 5.74) is 6.61. The maximum atomic E-state index is 4.18. The number of nitrogens with zero attached hydrogens (tertiary/aromatic N) is 2. The van der Waals surface area contributed by atoms with Crippen molar-refractivity contribution in [1.82, 2.24) is 15.2 Å². The molecule has 3 heteroatoms. The van der Waals surface area contributed by atoms with Crippen molar-refractivity contribution in [2.75, 3.05) is 26.2 Å². The third-order valence-electron chi connectivity index (χ3n) is 4.28. The Morgan fingerprint density at radius 2 is 1.90 bits per heavy atom. The Morgan fingerprint density at radius 3 is 2.62 bits per heavy atom. The monoisotopic (exact) mass is 281 g/mol. The third-order valence-corrected chi connectivity index (χ3v) is 4.28. The van der Waals surface area contributed by atoms with E-state index in [-0.39, 0.29) is 0 Å². The molecule has 1 aliphatic rings. The van der Waals surface area contributed by atoms with E-state index in [1.54, 1.807) is 0 Å². The lowest BCUT2D eigenvalue weighted by molar-refractivity contribution is 0.233. The highest BCUT2D eigenvalue weighted by atomic mass is 15.2. The first-order chi connectivity index (χ1) is 10.2. The SMILES string of the molecule is Cc1cc(-c2ccncc2C)ccc1CN1CCNCC1.